The second kappa shape index (κ2) is 7.28. The Morgan fingerprint density at radius 2 is 1.68 bits per heavy atom. The molecule has 3 aliphatic rings. The Hall–Kier alpha value is -1.06. The van der Waals surface area contributed by atoms with Gasteiger partial charge in [0.25, 0.3) is 0 Å². The normalized spacial score (nSPS) is 28.8. The highest BCUT2D eigenvalue weighted by Gasteiger charge is 2.54. The third kappa shape index (κ3) is 3.33. The molecule has 0 N–H and O–H groups in total. The second-order valence-electron chi connectivity index (χ2n) is 8.08. The van der Waals surface area contributed by atoms with Crippen LogP contribution in [0.1, 0.15) is 63.4 Å². The van der Waals surface area contributed by atoms with E-state index in [9.17, 15) is 4.79 Å². The Labute approximate surface area is 156 Å². The monoisotopic (exact) mass is 360 g/mol. The summed E-state index contributed by atoms with van der Waals surface area (Å²) < 4.78 is 0. The molecule has 0 bridgehead atoms. The van der Waals surface area contributed by atoms with Gasteiger partial charge in [-0.1, -0.05) is 49.4 Å². The van der Waals surface area contributed by atoms with Crippen molar-refractivity contribution in [3.63, 3.8) is 0 Å². The van der Waals surface area contributed by atoms with E-state index in [1.54, 1.807) is 0 Å². The fraction of sp³-hybridized carbons (Fsp3) is 0.667. The second-order valence-corrected chi connectivity index (χ2v) is 8.51. The van der Waals surface area contributed by atoms with Crippen molar-refractivity contribution < 1.29 is 4.79 Å². The Morgan fingerprint density at radius 1 is 0.960 bits per heavy atom. The molecule has 2 saturated heterocycles. The number of carbonyl (C=O) groups excluding carboxylic acids is 1. The van der Waals surface area contributed by atoms with Crippen molar-refractivity contribution in [1.82, 2.24) is 9.80 Å². The minimum atomic E-state index is -0.230. The highest BCUT2D eigenvalue weighted by molar-refractivity contribution is 6.30. The van der Waals surface area contributed by atoms with E-state index in [4.69, 9.17) is 11.6 Å². The van der Waals surface area contributed by atoms with Gasteiger partial charge < -0.3 is 4.90 Å². The van der Waals surface area contributed by atoms with Crippen LogP contribution in [-0.4, -0.2) is 40.4 Å². The molecule has 1 aromatic carbocycles. The topological polar surface area (TPSA) is 23.6 Å². The third-order valence-corrected chi connectivity index (χ3v) is 6.85. The number of benzene rings is 1. The van der Waals surface area contributed by atoms with Gasteiger partial charge in [0.15, 0.2) is 0 Å². The Morgan fingerprint density at radius 3 is 2.40 bits per heavy atom. The van der Waals surface area contributed by atoms with Crippen molar-refractivity contribution in [2.45, 2.75) is 75.9 Å². The van der Waals surface area contributed by atoms with Gasteiger partial charge in [0, 0.05) is 24.2 Å². The first-order valence-electron chi connectivity index (χ1n) is 10.00. The fourth-order valence-corrected chi connectivity index (χ4v) is 5.33. The standard InChI is InChI=1S/C21H29ClN2O/c22-18-10-8-17(9-11-18)16-23-14-5-12-21(23)13-15-24(20(21)25)19-6-3-1-2-4-7-19/h8-11,19H,1-7,12-16H2. The van der Waals surface area contributed by atoms with Crippen LogP contribution in [0.25, 0.3) is 0 Å². The highest BCUT2D eigenvalue weighted by Crippen LogP contribution is 2.41. The number of rotatable bonds is 3. The number of carbonyl (C=O) groups is 1. The summed E-state index contributed by atoms with van der Waals surface area (Å²) in [6.07, 6.45) is 10.8. The molecule has 136 valence electrons. The van der Waals surface area contributed by atoms with Gasteiger partial charge in [0.1, 0.15) is 5.54 Å². The summed E-state index contributed by atoms with van der Waals surface area (Å²) in [5.74, 6) is 0.422. The lowest BCUT2D eigenvalue weighted by Crippen LogP contribution is -2.51. The van der Waals surface area contributed by atoms with Crippen molar-refractivity contribution in [2.75, 3.05) is 13.1 Å². The summed E-state index contributed by atoms with van der Waals surface area (Å²) in [6, 6.07) is 8.59. The molecule has 1 aromatic rings. The van der Waals surface area contributed by atoms with Crippen LogP contribution in [0, 0.1) is 0 Å². The molecule has 2 heterocycles. The van der Waals surface area contributed by atoms with Crippen molar-refractivity contribution in [1.29, 1.82) is 0 Å². The molecule has 1 unspecified atom stereocenters. The molecule has 1 amide bonds. The summed E-state index contributed by atoms with van der Waals surface area (Å²) in [6.45, 7) is 2.86. The Kier molecular flexibility index (Phi) is 5.06. The first kappa shape index (κ1) is 17.4. The third-order valence-electron chi connectivity index (χ3n) is 6.60. The minimum Gasteiger partial charge on any atom is -0.338 e. The van der Waals surface area contributed by atoms with E-state index >= 15 is 0 Å². The van der Waals surface area contributed by atoms with Gasteiger partial charge in [0.2, 0.25) is 5.91 Å². The zero-order chi connectivity index (χ0) is 17.3. The van der Waals surface area contributed by atoms with Crippen molar-refractivity contribution >= 4 is 17.5 Å². The van der Waals surface area contributed by atoms with Crippen molar-refractivity contribution in [2.24, 2.45) is 0 Å². The minimum absolute atomic E-state index is 0.230. The van der Waals surface area contributed by atoms with Crippen LogP contribution in [0.3, 0.4) is 0 Å². The van der Waals surface area contributed by atoms with E-state index in [-0.39, 0.29) is 5.54 Å². The van der Waals surface area contributed by atoms with E-state index < -0.39 is 0 Å². The van der Waals surface area contributed by atoms with E-state index in [0.717, 1.165) is 43.9 Å². The average Bonchev–Trinajstić information content (AvgIpc) is 3.04. The zero-order valence-electron chi connectivity index (χ0n) is 15.1. The molecule has 25 heavy (non-hydrogen) atoms. The first-order valence-corrected chi connectivity index (χ1v) is 10.4. The lowest BCUT2D eigenvalue weighted by atomic mass is 9.93. The van der Waals surface area contributed by atoms with Gasteiger partial charge in [-0.25, -0.2) is 0 Å². The van der Waals surface area contributed by atoms with E-state index in [0.29, 0.717) is 11.9 Å². The zero-order valence-corrected chi connectivity index (χ0v) is 15.8. The Bertz CT molecular complexity index is 609. The van der Waals surface area contributed by atoms with Crippen LogP contribution < -0.4 is 0 Å². The molecule has 3 nitrogen and oxygen atoms in total. The molecule has 1 saturated carbocycles. The molecule has 1 spiro atoms. The number of hydrogen-bond acceptors (Lipinski definition) is 2. The van der Waals surface area contributed by atoms with Crippen LogP contribution >= 0.6 is 11.6 Å². The van der Waals surface area contributed by atoms with Crippen LogP contribution in [0.4, 0.5) is 0 Å². The Balaban J connectivity index is 1.50. The molecule has 1 aliphatic carbocycles. The van der Waals surface area contributed by atoms with Crippen molar-refractivity contribution in [3.05, 3.63) is 34.9 Å². The molecular formula is C21H29ClN2O. The van der Waals surface area contributed by atoms with Crippen molar-refractivity contribution in [3.8, 4) is 0 Å². The lowest BCUT2D eigenvalue weighted by Gasteiger charge is -2.35. The number of halogens is 1. The maximum absolute atomic E-state index is 13.5. The number of amides is 1. The quantitative estimate of drug-likeness (QED) is 0.734. The molecule has 4 rings (SSSR count). The van der Waals surface area contributed by atoms with Gasteiger partial charge in [-0.3, -0.25) is 9.69 Å². The molecular weight excluding hydrogens is 332 g/mol. The summed E-state index contributed by atoms with van der Waals surface area (Å²) >= 11 is 6.02. The smallest absolute Gasteiger partial charge is 0.243 e. The summed E-state index contributed by atoms with van der Waals surface area (Å²) in [5, 5.41) is 0.774. The summed E-state index contributed by atoms with van der Waals surface area (Å²) in [4.78, 5) is 18.2. The summed E-state index contributed by atoms with van der Waals surface area (Å²) in [7, 11) is 0. The maximum atomic E-state index is 13.5. The SMILES string of the molecule is O=C1N(C2CCCCCC2)CCC12CCCN2Cc1ccc(Cl)cc1. The van der Waals surface area contributed by atoms with E-state index in [1.165, 1.54) is 44.1 Å². The van der Waals surface area contributed by atoms with E-state index in [2.05, 4.69) is 21.9 Å². The highest BCUT2D eigenvalue weighted by atomic mass is 35.5. The molecule has 0 radical (unpaired) electrons. The lowest BCUT2D eigenvalue weighted by molar-refractivity contribution is -0.139. The maximum Gasteiger partial charge on any atom is 0.243 e. The predicted molar refractivity (Wildman–Crippen MR) is 102 cm³/mol. The average molecular weight is 361 g/mol. The van der Waals surface area contributed by atoms with Gasteiger partial charge in [0.05, 0.1) is 0 Å². The van der Waals surface area contributed by atoms with Crippen LogP contribution in [0.5, 0.6) is 0 Å². The van der Waals surface area contributed by atoms with Gasteiger partial charge in [-0.05, 0) is 56.3 Å². The number of likely N-dealkylation sites (tertiary alicyclic amines) is 2. The molecule has 1 atom stereocenters. The van der Waals surface area contributed by atoms with Crippen LogP contribution in [0.2, 0.25) is 5.02 Å². The molecule has 0 aromatic heterocycles. The number of nitrogens with zero attached hydrogens (tertiary/aromatic N) is 2. The molecule has 3 fully saturated rings. The summed E-state index contributed by atoms with van der Waals surface area (Å²) in [5.41, 5.74) is 1.03. The fourth-order valence-electron chi connectivity index (χ4n) is 5.20. The predicted octanol–water partition coefficient (Wildman–Crippen LogP) is 4.63. The largest absolute Gasteiger partial charge is 0.338 e. The first-order chi connectivity index (χ1) is 12.2. The molecule has 4 heteroatoms. The molecule has 2 aliphatic heterocycles. The van der Waals surface area contributed by atoms with Crippen LogP contribution in [0.15, 0.2) is 24.3 Å². The number of hydrogen-bond donors (Lipinski definition) is 0. The van der Waals surface area contributed by atoms with E-state index in [1.807, 2.05) is 12.1 Å². The van der Waals surface area contributed by atoms with Crippen LogP contribution in [-0.2, 0) is 11.3 Å². The van der Waals surface area contributed by atoms with Gasteiger partial charge in [-0.2, -0.15) is 0 Å². The van der Waals surface area contributed by atoms with Gasteiger partial charge >= 0.3 is 0 Å². The van der Waals surface area contributed by atoms with Gasteiger partial charge in [-0.15, -0.1) is 0 Å².